The number of aryl methyl sites for hydroxylation is 7. The van der Waals surface area contributed by atoms with E-state index >= 15 is 0 Å². The Morgan fingerprint density at radius 3 is 0.961 bits per heavy atom. The summed E-state index contributed by atoms with van der Waals surface area (Å²) in [5.74, 6) is 0. The quantitative estimate of drug-likeness (QED) is 0.0384. The Kier molecular flexibility index (Phi) is 27.5. The molecule has 0 radical (unpaired) electrons. The fourth-order valence-electron chi connectivity index (χ4n) is 20.2. The van der Waals surface area contributed by atoms with Crippen LogP contribution in [0, 0.1) is 34.6 Å². The summed E-state index contributed by atoms with van der Waals surface area (Å²) in [5, 5.41) is 0. The average Bonchev–Trinajstić information content (AvgIpc) is 1.54. The molecule has 0 aliphatic heterocycles. The van der Waals surface area contributed by atoms with Crippen LogP contribution in [0.1, 0.15) is 241 Å². The fraction of sp³-hybridized carbons (Fsp3) is 0.289. The Bertz CT molecular complexity index is 6200. The van der Waals surface area contributed by atoms with Gasteiger partial charge in [-0.1, -0.05) is 361 Å². The molecule has 0 fully saturated rings. The molecule has 0 bridgehead atoms. The number of unbranched alkanes of at least 4 members (excludes halogenated alkanes) is 12. The van der Waals surface area contributed by atoms with Crippen molar-refractivity contribution >= 4 is 79.6 Å². The Hall–Kier alpha value is -11.3. The lowest BCUT2D eigenvalue weighted by Gasteiger charge is -2.36. The maximum absolute atomic E-state index is 4.54. The molecule has 128 heavy (non-hydrogen) atoms. The number of rotatable bonds is 33. The second kappa shape index (κ2) is 39.7. The average molecular weight is 1730 g/mol. The summed E-state index contributed by atoms with van der Waals surface area (Å²) < 4.78 is 9.08. The second-order valence-corrected chi connectivity index (χ2v) is 40.6. The highest BCUT2D eigenvalue weighted by Gasteiger charge is 2.47. The predicted octanol–water partition coefficient (Wildman–Crippen LogP) is 36.4. The van der Waals surface area contributed by atoms with Crippen molar-refractivity contribution in [2.45, 2.75) is 228 Å². The summed E-state index contributed by atoms with van der Waals surface area (Å²) in [6.45, 7) is 27.1. The van der Waals surface area contributed by atoms with Gasteiger partial charge in [0.2, 0.25) is 0 Å². The first-order chi connectivity index (χ1) is 62.4. The van der Waals surface area contributed by atoms with E-state index in [4.69, 9.17) is 0 Å². The van der Waals surface area contributed by atoms with E-state index in [1.54, 1.807) is 22.7 Å². The number of fused-ring (bicyclic) bond motifs is 7. The van der Waals surface area contributed by atoms with Crippen molar-refractivity contribution < 1.29 is 0 Å². The lowest BCUT2D eigenvalue weighted by molar-refractivity contribution is 0.398. The molecule has 2 aliphatic rings. The Morgan fingerprint density at radius 2 is 0.594 bits per heavy atom. The first-order valence-corrected chi connectivity index (χ1v) is 50.1. The lowest BCUT2D eigenvalue weighted by atomic mass is 9.67. The summed E-state index contributed by atoms with van der Waals surface area (Å²) >= 11 is 4.90. The molecule has 3 heterocycles. The Labute approximate surface area is 776 Å². The monoisotopic (exact) mass is 1730 g/mol. The van der Waals surface area contributed by atoms with Crippen LogP contribution in [0.25, 0.3) is 87.5 Å². The molecule has 3 aromatic heterocycles. The molecule has 2 aliphatic carbocycles. The highest BCUT2D eigenvalue weighted by molar-refractivity contribution is 7.16. The van der Waals surface area contributed by atoms with E-state index in [1.165, 1.54) is 279 Å². The summed E-state index contributed by atoms with van der Waals surface area (Å²) in [4.78, 5) is 10.3. The topological polar surface area (TPSA) is 32.3 Å². The molecular weight excluding hydrogens is 1610 g/mol. The second-order valence-electron chi connectivity index (χ2n) is 37.5. The standard InChI is InChI=1S/C105H114N2.C16H12N2S3/c1-11-15-19-21-23-25-69-104(70-26-24-22-20-16-12-2)99-73-93(106(89-55-43-83(44-56-89)80-37-33-78(34-38-80)27-17-13-3)90-57-45-84(46-58-90)81-39-35-79(36-40-81)28-18-14-4)63-67-95(99)96-68-64-94(74-100(96)104)107(91-59-47-85(48-60-91)82-41-51-86(52-42-82)103(8,9)10)92-61-53-88(54-62-92)105(87-49-29-75(5)30-50-87)101-71-76(6)31-65-97(101)98-66-32-77(7)72-102(98)105;1-9-3-7-13(19-9)11-5-6-12(14-8-4-10(2)20-14)16-15(11)17-21-18-16/h29-68,71-74H,11-28,69-70H2,1-10H3;3-8H,1-2H3. The van der Waals surface area contributed by atoms with Crippen LogP contribution in [0.4, 0.5) is 34.1 Å². The number of benzene rings is 13. The van der Waals surface area contributed by atoms with Crippen molar-refractivity contribution in [3.05, 3.63) is 380 Å². The highest BCUT2D eigenvalue weighted by atomic mass is 32.1. The van der Waals surface area contributed by atoms with Crippen molar-refractivity contribution in [3.8, 4) is 76.5 Å². The van der Waals surface area contributed by atoms with Crippen LogP contribution in [0.2, 0.25) is 0 Å². The van der Waals surface area contributed by atoms with Gasteiger partial charge in [-0.2, -0.15) is 8.75 Å². The van der Waals surface area contributed by atoms with Crippen LogP contribution >= 0.6 is 34.4 Å². The van der Waals surface area contributed by atoms with Crippen molar-refractivity contribution in [2.75, 3.05) is 9.80 Å². The molecule has 16 aromatic rings. The molecule has 0 atom stereocenters. The van der Waals surface area contributed by atoms with Crippen molar-refractivity contribution in [3.63, 3.8) is 0 Å². The number of nitrogens with zero attached hydrogens (tertiary/aromatic N) is 4. The van der Waals surface area contributed by atoms with Gasteiger partial charge in [0.1, 0.15) is 11.0 Å². The van der Waals surface area contributed by atoms with Crippen molar-refractivity contribution in [1.29, 1.82) is 0 Å². The van der Waals surface area contributed by atoms with Gasteiger partial charge < -0.3 is 9.80 Å². The van der Waals surface area contributed by atoms with Gasteiger partial charge in [0, 0.05) is 70.2 Å². The van der Waals surface area contributed by atoms with Gasteiger partial charge >= 0.3 is 0 Å². The van der Waals surface area contributed by atoms with E-state index in [9.17, 15) is 0 Å². The van der Waals surface area contributed by atoms with Gasteiger partial charge in [-0.25, -0.2) is 0 Å². The lowest BCUT2D eigenvalue weighted by Crippen LogP contribution is -2.29. The Balaban J connectivity index is 0.000000475. The maximum Gasteiger partial charge on any atom is 0.114 e. The SMILES string of the molecule is CCCCCCCCC1(CCCCCCCC)c2cc(N(c3ccc(-c4ccc(CCCC)cc4)cc3)c3ccc(-c4ccc(CCCC)cc4)cc3)ccc2-c2ccc(N(c3ccc(-c4ccc(C(C)(C)C)cc4)cc3)c3ccc(C4(c5ccc(C)cc5)c5cc(C)ccc5-c5ccc(C)cc54)cc3)cc21.Cc1ccc(-c2ccc(-c3ccc(C)s3)c3nsnc23)s1. The van der Waals surface area contributed by atoms with Crippen LogP contribution in [0.5, 0.6) is 0 Å². The van der Waals surface area contributed by atoms with E-state index in [0.29, 0.717) is 0 Å². The van der Waals surface area contributed by atoms with Crippen LogP contribution in [0.3, 0.4) is 0 Å². The summed E-state index contributed by atoms with van der Waals surface area (Å²) in [6, 6.07) is 118. The molecule has 7 heteroatoms. The normalized spacial score (nSPS) is 12.8. The van der Waals surface area contributed by atoms with E-state index in [1.807, 2.05) is 0 Å². The molecule has 13 aromatic carbocycles. The number of thiophene rings is 2. The van der Waals surface area contributed by atoms with Gasteiger partial charge in [-0.3, -0.25) is 0 Å². The van der Waals surface area contributed by atoms with Crippen LogP contribution < -0.4 is 9.80 Å². The maximum atomic E-state index is 4.54. The minimum absolute atomic E-state index is 0.0739. The molecule has 0 spiro atoms. The van der Waals surface area contributed by atoms with Crippen LogP contribution in [-0.2, 0) is 29.1 Å². The number of hydrogen-bond donors (Lipinski definition) is 0. The van der Waals surface area contributed by atoms with E-state index < -0.39 is 5.41 Å². The van der Waals surface area contributed by atoms with Gasteiger partial charge in [0.15, 0.2) is 0 Å². The summed E-state index contributed by atoms with van der Waals surface area (Å²) in [5.41, 5.74) is 39.7. The van der Waals surface area contributed by atoms with Crippen molar-refractivity contribution in [2.24, 2.45) is 0 Å². The zero-order valence-electron chi connectivity index (χ0n) is 77.5. The van der Waals surface area contributed by atoms with Gasteiger partial charge in [-0.15, -0.1) is 22.7 Å². The first kappa shape index (κ1) is 88.7. The van der Waals surface area contributed by atoms with Gasteiger partial charge in [-0.05, 0) is 281 Å². The third-order valence-corrected chi connectivity index (χ3v) is 29.9. The van der Waals surface area contributed by atoms with Gasteiger partial charge in [0.25, 0.3) is 0 Å². The first-order valence-electron chi connectivity index (χ1n) is 47.7. The summed E-state index contributed by atoms with van der Waals surface area (Å²) in [7, 11) is 0. The van der Waals surface area contributed by atoms with E-state index in [-0.39, 0.29) is 10.8 Å². The largest absolute Gasteiger partial charge is 0.310 e. The van der Waals surface area contributed by atoms with Crippen LogP contribution in [-0.4, -0.2) is 8.75 Å². The molecule has 0 N–H and O–H groups in total. The molecule has 4 nitrogen and oxygen atoms in total. The fourth-order valence-corrected chi connectivity index (χ4v) is 22.6. The predicted molar refractivity (Wildman–Crippen MR) is 555 cm³/mol. The highest BCUT2D eigenvalue weighted by Crippen LogP contribution is 2.60. The molecular formula is C121H126N4S3. The van der Waals surface area contributed by atoms with Gasteiger partial charge in [0.05, 0.1) is 17.1 Å². The zero-order valence-corrected chi connectivity index (χ0v) is 80.0. The molecule has 0 unspecified atom stereocenters. The van der Waals surface area contributed by atoms with Crippen LogP contribution in [0.15, 0.2) is 303 Å². The molecule has 0 amide bonds. The molecule has 18 rings (SSSR count). The van der Waals surface area contributed by atoms with E-state index in [0.717, 1.165) is 59.5 Å². The number of hydrogen-bond acceptors (Lipinski definition) is 7. The molecule has 0 saturated carbocycles. The number of anilines is 6. The third-order valence-electron chi connectivity index (χ3n) is 27.4. The van der Waals surface area contributed by atoms with Crippen molar-refractivity contribution in [1.82, 2.24) is 8.75 Å². The molecule has 648 valence electrons. The minimum Gasteiger partial charge on any atom is -0.310 e. The number of aromatic nitrogens is 2. The minimum atomic E-state index is -0.530. The molecule has 0 saturated heterocycles. The Morgan fingerprint density at radius 1 is 0.281 bits per heavy atom. The summed E-state index contributed by atoms with van der Waals surface area (Å²) in [6.07, 6.45) is 24.3. The van der Waals surface area contributed by atoms with E-state index in [2.05, 4.69) is 405 Å². The zero-order chi connectivity index (χ0) is 88.5. The third kappa shape index (κ3) is 18.7. The smallest absolute Gasteiger partial charge is 0.114 e.